The molecular formula is C19H19F3N2O3. The number of alkyl halides is 3. The van der Waals surface area contributed by atoms with Crippen LogP contribution in [0.4, 0.5) is 18.0 Å². The molecule has 0 bridgehead atoms. The topological polar surface area (TPSA) is 50.8 Å². The molecule has 0 aromatic heterocycles. The first-order valence-electron chi connectivity index (χ1n) is 8.36. The van der Waals surface area contributed by atoms with Gasteiger partial charge in [0.2, 0.25) is 0 Å². The summed E-state index contributed by atoms with van der Waals surface area (Å²) in [5.74, 6) is 1.32. The minimum absolute atomic E-state index is 0.200. The molecule has 0 radical (unpaired) electrons. The van der Waals surface area contributed by atoms with Crippen LogP contribution < -0.4 is 14.8 Å². The maximum absolute atomic E-state index is 12.6. The maximum atomic E-state index is 12.6. The summed E-state index contributed by atoms with van der Waals surface area (Å²) in [7, 11) is 1.58. The summed E-state index contributed by atoms with van der Waals surface area (Å²) in [6, 6.07) is 9.87. The Balaban J connectivity index is 1.53. The van der Waals surface area contributed by atoms with E-state index in [-0.39, 0.29) is 12.6 Å². The highest BCUT2D eigenvalue weighted by molar-refractivity contribution is 5.73. The predicted molar refractivity (Wildman–Crippen MR) is 92.6 cm³/mol. The lowest BCUT2D eigenvalue weighted by atomic mass is 10.1. The second kappa shape index (κ2) is 7.77. The van der Waals surface area contributed by atoms with Crippen molar-refractivity contribution in [2.45, 2.75) is 19.3 Å². The predicted octanol–water partition coefficient (Wildman–Crippen LogP) is 3.82. The number of nitrogens with zero attached hydrogens (tertiary/aromatic N) is 1. The molecule has 0 saturated heterocycles. The molecular weight excluding hydrogens is 361 g/mol. The fourth-order valence-electron chi connectivity index (χ4n) is 2.66. The normalized spacial score (nSPS) is 13.2. The maximum Gasteiger partial charge on any atom is 0.416 e. The van der Waals surface area contributed by atoms with E-state index >= 15 is 0 Å². The summed E-state index contributed by atoms with van der Waals surface area (Å²) in [6.45, 7) is 1.49. The van der Waals surface area contributed by atoms with E-state index in [1.165, 1.54) is 17.0 Å². The van der Waals surface area contributed by atoms with Gasteiger partial charge in [0.1, 0.15) is 13.2 Å². The van der Waals surface area contributed by atoms with Gasteiger partial charge in [-0.1, -0.05) is 18.2 Å². The van der Waals surface area contributed by atoms with E-state index in [9.17, 15) is 18.0 Å². The SMILES string of the molecule is CN(Cc1ccc(C(F)(F)F)cc1)C(=O)NCc1ccc2c(c1)OCCO2. The van der Waals surface area contributed by atoms with Gasteiger partial charge in [0.25, 0.3) is 0 Å². The van der Waals surface area contributed by atoms with Crippen molar-refractivity contribution in [3.8, 4) is 11.5 Å². The summed E-state index contributed by atoms with van der Waals surface area (Å²) in [5.41, 5.74) is 0.757. The van der Waals surface area contributed by atoms with Gasteiger partial charge < -0.3 is 19.7 Å². The van der Waals surface area contributed by atoms with E-state index in [1.54, 1.807) is 13.1 Å². The number of urea groups is 1. The molecule has 2 amide bonds. The molecule has 3 rings (SSSR count). The summed E-state index contributed by atoms with van der Waals surface area (Å²) in [6.07, 6.45) is -4.37. The zero-order valence-corrected chi connectivity index (χ0v) is 14.7. The molecule has 0 aliphatic carbocycles. The molecule has 0 unspecified atom stereocenters. The molecule has 27 heavy (non-hydrogen) atoms. The highest BCUT2D eigenvalue weighted by Crippen LogP contribution is 2.31. The monoisotopic (exact) mass is 380 g/mol. The molecule has 0 spiro atoms. The molecule has 1 aliphatic heterocycles. The molecule has 1 N–H and O–H groups in total. The van der Waals surface area contributed by atoms with Crippen molar-refractivity contribution in [1.82, 2.24) is 10.2 Å². The largest absolute Gasteiger partial charge is 0.486 e. The number of carbonyl (C=O) groups is 1. The molecule has 2 aromatic rings. The Morgan fingerprint density at radius 2 is 1.67 bits per heavy atom. The minimum atomic E-state index is -4.37. The lowest BCUT2D eigenvalue weighted by Gasteiger charge is -2.20. The lowest BCUT2D eigenvalue weighted by molar-refractivity contribution is -0.137. The van der Waals surface area contributed by atoms with Gasteiger partial charge in [-0.25, -0.2) is 4.79 Å². The number of halogens is 3. The first-order valence-corrected chi connectivity index (χ1v) is 8.36. The van der Waals surface area contributed by atoms with Crippen LogP contribution in [0.15, 0.2) is 42.5 Å². The van der Waals surface area contributed by atoms with Gasteiger partial charge in [-0.3, -0.25) is 0 Å². The van der Waals surface area contributed by atoms with Crippen molar-refractivity contribution in [2.24, 2.45) is 0 Å². The van der Waals surface area contributed by atoms with E-state index in [1.807, 2.05) is 12.1 Å². The average Bonchev–Trinajstić information content (AvgIpc) is 2.65. The van der Waals surface area contributed by atoms with Crippen molar-refractivity contribution in [2.75, 3.05) is 20.3 Å². The van der Waals surface area contributed by atoms with Crippen LogP contribution in [0.25, 0.3) is 0 Å². The number of carbonyl (C=O) groups excluding carboxylic acids is 1. The summed E-state index contributed by atoms with van der Waals surface area (Å²) < 4.78 is 48.7. The fourth-order valence-corrected chi connectivity index (χ4v) is 2.66. The number of nitrogens with one attached hydrogen (secondary N) is 1. The van der Waals surface area contributed by atoms with Crippen molar-refractivity contribution < 1.29 is 27.4 Å². The third-order valence-electron chi connectivity index (χ3n) is 4.10. The van der Waals surface area contributed by atoms with Crippen LogP contribution in [0, 0.1) is 0 Å². The number of hydrogen-bond acceptors (Lipinski definition) is 3. The number of hydrogen-bond donors (Lipinski definition) is 1. The van der Waals surface area contributed by atoms with E-state index in [0.29, 0.717) is 36.8 Å². The van der Waals surface area contributed by atoms with Crippen LogP contribution >= 0.6 is 0 Å². The first kappa shape index (κ1) is 18.9. The lowest BCUT2D eigenvalue weighted by Crippen LogP contribution is -2.36. The number of rotatable bonds is 4. The Bertz CT molecular complexity index is 807. The first-order chi connectivity index (χ1) is 12.8. The second-order valence-electron chi connectivity index (χ2n) is 6.19. The van der Waals surface area contributed by atoms with Gasteiger partial charge in [0.15, 0.2) is 11.5 Å². The third-order valence-corrected chi connectivity index (χ3v) is 4.10. The number of benzene rings is 2. The van der Waals surface area contributed by atoms with Crippen LogP contribution in [0.5, 0.6) is 11.5 Å². The summed E-state index contributed by atoms with van der Waals surface area (Å²) in [4.78, 5) is 13.6. The Morgan fingerprint density at radius 1 is 1.04 bits per heavy atom. The second-order valence-corrected chi connectivity index (χ2v) is 6.19. The molecule has 8 heteroatoms. The molecule has 0 fully saturated rings. The van der Waals surface area contributed by atoms with E-state index < -0.39 is 11.7 Å². The number of fused-ring (bicyclic) bond motifs is 1. The van der Waals surface area contributed by atoms with Gasteiger partial charge >= 0.3 is 12.2 Å². The Morgan fingerprint density at radius 3 is 2.33 bits per heavy atom. The summed E-state index contributed by atoms with van der Waals surface area (Å²) in [5, 5.41) is 2.77. The molecule has 1 heterocycles. The molecule has 5 nitrogen and oxygen atoms in total. The highest BCUT2D eigenvalue weighted by Gasteiger charge is 2.30. The van der Waals surface area contributed by atoms with E-state index in [2.05, 4.69) is 5.32 Å². The molecule has 0 saturated carbocycles. The highest BCUT2D eigenvalue weighted by atomic mass is 19.4. The smallest absolute Gasteiger partial charge is 0.416 e. The van der Waals surface area contributed by atoms with Crippen LogP contribution in [0.2, 0.25) is 0 Å². The van der Waals surface area contributed by atoms with Crippen molar-refractivity contribution >= 4 is 6.03 Å². The number of ether oxygens (including phenoxy) is 2. The van der Waals surface area contributed by atoms with Crippen LogP contribution in [-0.4, -0.2) is 31.2 Å². The van der Waals surface area contributed by atoms with Gasteiger partial charge in [-0.2, -0.15) is 13.2 Å². The Labute approximate surface area is 154 Å². The molecule has 1 aliphatic rings. The fraction of sp³-hybridized carbons (Fsp3) is 0.316. The standard InChI is InChI=1S/C19H19F3N2O3/c1-24(12-13-2-5-15(6-3-13)19(20,21)22)18(25)23-11-14-4-7-16-17(10-14)27-9-8-26-16/h2-7,10H,8-9,11-12H2,1H3,(H,23,25). The quantitative estimate of drug-likeness (QED) is 0.877. The van der Waals surface area contributed by atoms with Crippen LogP contribution in [-0.2, 0) is 19.3 Å². The Kier molecular flexibility index (Phi) is 5.43. The Hall–Kier alpha value is -2.90. The average molecular weight is 380 g/mol. The van der Waals surface area contributed by atoms with Crippen molar-refractivity contribution in [3.05, 3.63) is 59.2 Å². The minimum Gasteiger partial charge on any atom is -0.486 e. The van der Waals surface area contributed by atoms with Crippen molar-refractivity contribution in [1.29, 1.82) is 0 Å². The zero-order chi connectivity index (χ0) is 19.4. The van der Waals surface area contributed by atoms with Crippen LogP contribution in [0.3, 0.4) is 0 Å². The van der Waals surface area contributed by atoms with Gasteiger partial charge in [-0.15, -0.1) is 0 Å². The molecule has 2 aromatic carbocycles. The molecule has 144 valence electrons. The van der Waals surface area contributed by atoms with Gasteiger partial charge in [0.05, 0.1) is 5.56 Å². The zero-order valence-electron chi connectivity index (χ0n) is 14.7. The molecule has 0 atom stereocenters. The summed E-state index contributed by atoms with van der Waals surface area (Å²) >= 11 is 0. The van der Waals surface area contributed by atoms with Crippen LogP contribution in [0.1, 0.15) is 16.7 Å². The van der Waals surface area contributed by atoms with Gasteiger partial charge in [-0.05, 0) is 35.4 Å². The van der Waals surface area contributed by atoms with E-state index in [0.717, 1.165) is 17.7 Å². The van der Waals surface area contributed by atoms with E-state index in [4.69, 9.17) is 9.47 Å². The number of amides is 2. The van der Waals surface area contributed by atoms with Crippen molar-refractivity contribution in [3.63, 3.8) is 0 Å². The van der Waals surface area contributed by atoms with Gasteiger partial charge in [0, 0.05) is 20.1 Å². The third kappa shape index (κ3) is 4.84.